The number of thiocarbonyl (C=S) groups is 1. The Morgan fingerprint density at radius 1 is 1.07 bits per heavy atom. The van der Waals surface area contributed by atoms with E-state index in [0.29, 0.717) is 16.3 Å². The molecule has 7 heteroatoms. The minimum Gasteiger partial charge on any atom is -0.338 e. The van der Waals surface area contributed by atoms with E-state index < -0.39 is 0 Å². The number of fused-ring (bicyclic) bond motifs is 1. The van der Waals surface area contributed by atoms with Crippen molar-refractivity contribution in [2.45, 2.75) is 6.92 Å². The van der Waals surface area contributed by atoms with Crippen LogP contribution in [0.4, 0.5) is 5.69 Å². The molecular formula is C22H17ClN4OS. The number of amides is 1. The summed E-state index contributed by atoms with van der Waals surface area (Å²) in [6.07, 6.45) is 0. The van der Waals surface area contributed by atoms with Crippen LogP contribution in [0.1, 0.15) is 15.9 Å². The third kappa shape index (κ3) is 4.13. The molecule has 0 radical (unpaired) electrons. The highest BCUT2D eigenvalue weighted by Gasteiger charge is 2.12. The first-order chi connectivity index (χ1) is 14.0. The van der Waals surface area contributed by atoms with Gasteiger partial charge in [-0.2, -0.15) is 0 Å². The number of benzene rings is 3. The first kappa shape index (κ1) is 19.1. The van der Waals surface area contributed by atoms with Gasteiger partial charge in [0.25, 0.3) is 5.91 Å². The van der Waals surface area contributed by atoms with Crippen LogP contribution in [-0.4, -0.2) is 21.0 Å². The fraction of sp³-hybridized carbons (Fsp3) is 0.0455. The summed E-state index contributed by atoms with van der Waals surface area (Å²) in [5.74, 6) is 0.450. The van der Waals surface area contributed by atoms with Gasteiger partial charge in [0.2, 0.25) is 0 Å². The molecule has 3 aromatic carbocycles. The van der Waals surface area contributed by atoms with Crippen molar-refractivity contribution in [1.29, 1.82) is 0 Å². The molecule has 1 aromatic heterocycles. The smallest absolute Gasteiger partial charge is 0.257 e. The van der Waals surface area contributed by atoms with Gasteiger partial charge in [0.1, 0.15) is 5.82 Å². The summed E-state index contributed by atoms with van der Waals surface area (Å²) < 4.78 is 0. The van der Waals surface area contributed by atoms with Crippen LogP contribution in [0.5, 0.6) is 0 Å². The van der Waals surface area contributed by atoms with Gasteiger partial charge in [-0.3, -0.25) is 10.1 Å². The molecule has 4 aromatic rings. The molecule has 0 aliphatic rings. The van der Waals surface area contributed by atoms with Crippen molar-refractivity contribution in [3.63, 3.8) is 0 Å². The number of rotatable bonds is 3. The van der Waals surface area contributed by atoms with Gasteiger partial charge in [0, 0.05) is 11.1 Å². The van der Waals surface area contributed by atoms with Crippen molar-refractivity contribution < 1.29 is 4.79 Å². The van der Waals surface area contributed by atoms with Gasteiger partial charge in [-0.05, 0) is 61.1 Å². The number of nitrogens with one attached hydrogen (secondary N) is 3. The standard InChI is InChI=1S/C22H17ClN4OS/c1-13-6-2-3-7-15(13)21(28)27-22(29)26-19-12-14(10-11-16(19)23)20-24-17-8-4-5-9-18(17)25-20/h2-12H,1H3,(H,24,25)(H2,26,27,28,29). The fourth-order valence-corrected chi connectivity index (χ4v) is 3.38. The molecule has 5 nitrogen and oxygen atoms in total. The predicted octanol–water partition coefficient (Wildman–Crippen LogP) is 5.32. The Balaban J connectivity index is 1.54. The maximum absolute atomic E-state index is 12.5. The molecule has 29 heavy (non-hydrogen) atoms. The van der Waals surface area contributed by atoms with Gasteiger partial charge in [-0.25, -0.2) is 4.98 Å². The number of H-pyrrole nitrogens is 1. The number of imidazole rings is 1. The van der Waals surface area contributed by atoms with Crippen molar-refractivity contribution >= 4 is 51.6 Å². The molecule has 1 heterocycles. The second-order valence-corrected chi connectivity index (χ2v) is 7.34. The Bertz CT molecular complexity index is 1200. The summed E-state index contributed by atoms with van der Waals surface area (Å²) in [7, 11) is 0. The van der Waals surface area contributed by atoms with Crippen molar-refractivity contribution in [2.75, 3.05) is 5.32 Å². The maximum Gasteiger partial charge on any atom is 0.257 e. The van der Waals surface area contributed by atoms with E-state index >= 15 is 0 Å². The van der Waals surface area contributed by atoms with Crippen LogP contribution in [-0.2, 0) is 0 Å². The summed E-state index contributed by atoms with van der Waals surface area (Å²) in [5.41, 5.74) is 4.71. The van der Waals surface area contributed by atoms with E-state index in [1.165, 1.54) is 0 Å². The lowest BCUT2D eigenvalue weighted by molar-refractivity contribution is 0.0977. The average Bonchev–Trinajstić information content (AvgIpc) is 3.14. The van der Waals surface area contributed by atoms with E-state index in [4.69, 9.17) is 23.8 Å². The number of anilines is 1. The van der Waals surface area contributed by atoms with Gasteiger partial charge in [-0.1, -0.05) is 41.9 Å². The van der Waals surface area contributed by atoms with Gasteiger partial charge < -0.3 is 10.3 Å². The molecule has 0 aliphatic heterocycles. The Kier molecular flexibility index (Phi) is 5.29. The zero-order valence-corrected chi connectivity index (χ0v) is 17.1. The molecule has 0 unspecified atom stereocenters. The average molecular weight is 421 g/mol. The predicted molar refractivity (Wildman–Crippen MR) is 121 cm³/mol. The molecule has 1 amide bonds. The maximum atomic E-state index is 12.5. The quantitative estimate of drug-likeness (QED) is 0.392. The van der Waals surface area contributed by atoms with Crippen molar-refractivity contribution in [3.8, 4) is 11.4 Å². The van der Waals surface area contributed by atoms with Crippen LogP contribution in [0.25, 0.3) is 22.4 Å². The third-order valence-electron chi connectivity index (χ3n) is 4.49. The first-order valence-corrected chi connectivity index (χ1v) is 9.72. The molecule has 0 saturated carbocycles. The summed E-state index contributed by atoms with van der Waals surface area (Å²) >= 11 is 11.6. The fourth-order valence-electron chi connectivity index (χ4n) is 3.01. The summed E-state index contributed by atoms with van der Waals surface area (Å²) in [5, 5.41) is 6.35. The summed E-state index contributed by atoms with van der Waals surface area (Å²) in [6, 6.07) is 20.6. The number of carbonyl (C=O) groups is 1. The Hall–Kier alpha value is -3.22. The summed E-state index contributed by atoms with van der Waals surface area (Å²) in [4.78, 5) is 20.3. The van der Waals surface area contributed by atoms with E-state index in [-0.39, 0.29) is 11.0 Å². The number of halogens is 1. The molecular weight excluding hydrogens is 404 g/mol. The molecule has 0 spiro atoms. The Morgan fingerprint density at radius 3 is 2.62 bits per heavy atom. The van der Waals surface area contributed by atoms with Crippen LogP contribution < -0.4 is 10.6 Å². The zero-order valence-electron chi connectivity index (χ0n) is 15.5. The number of nitrogens with zero attached hydrogens (tertiary/aromatic N) is 1. The molecule has 0 fully saturated rings. The largest absolute Gasteiger partial charge is 0.338 e. The highest BCUT2D eigenvalue weighted by Crippen LogP contribution is 2.28. The minimum atomic E-state index is -0.273. The Labute approximate surface area is 178 Å². The van der Waals surface area contributed by atoms with Crippen LogP contribution in [0.3, 0.4) is 0 Å². The SMILES string of the molecule is Cc1ccccc1C(=O)NC(=S)Nc1cc(-c2nc3ccccc3[nH]2)ccc1Cl. The van der Waals surface area contributed by atoms with E-state index in [9.17, 15) is 4.79 Å². The van der Waals surface area contributed by atoms with Gasteiger partial charge in [0.15, 0.2) is 5.11 Å². The van der Waals surface area contributed by atoms with Crippen molar-refractivity contribution in [3.05, 3.63) is 82.9 Å². The van der Waals surface area contributed by atoms with E-state index in [0.717, 1.165) is 28.0 Å². The van der Waals surface area contributed by atoms with Gasteiger partial charge in [0.05, 0.1) is 21.7 Å². The van der Waals surface area contributed by atoms with Crippen LogP contribution in [0.15, 0.2) is 66.7 Å². The molecule has 4 rings (SSSR count). The van der Waals surface area contributed by atoms with Gasteiger partial charge in [-0.15, -0.1) is 0 Å². The molecule has 0 saturated heterocycles. The monoisotopic (exact) mass is 420 g/mol. The molecule has 0 atom stereocenters. The van der Waals surface area contributed by atoms with Crippen molar-refractivity contribution in [1.82, 2.24) is 15.3 Å². The molecule has 0 aliphatic carbocycles. The van der Waals surface area contributed by atoms with E-state index in [1.807, 2.05) is 61.5 Å². The number of aryl methyl sites for hydroxylation is 1. The number of aromatic amines is 1. The van der Waals surface area contributed by atoms with Crippen LogP contribution in [0.2, 0.25) is 5.02 Å². The molecule has 0 bridgehead atoms. The van der Waals surface area contributed by atoms with Crippen LogP contribution in [0, 0.1) is 6.92 Å². The number of para-hydroxylation sites is 2. The van der Waals surface area contributed by atoms with E-state index in [1.54, 1.807) is 12.1 Å². The Morgan fingerprint density at radius 2 is 1.83 bits per heavy atom. The lowest BCUT2D eigenvalue weighted by Crippen LogP contribution is -2.34. The van der Waals surface area contributed by atoms with Crippen LogP contribution >= 0.6 is 23.8 Å². The molecule has 144 valence electrons. The number of hydrogen-bond donors (Lipinski definition) is 3. The zero-order chi connectivity index (χ0) is 20.4. The lowest BCUT2D eigenvalue weighted by Gasteiger charge is -2.12. The third-order valence-corrected chi connectivity index (χ3v) is 5.03. The first-order valence-electron chi connectivity index (χ1n) is 8.94. The normalized spacial score (nSPS) is 10.7. The highest BCUT2D eigenvalue weighted by molar-refractivity contribution is 7.80. The second-order valence-electron chi connectivity index (χ2n) is 6.52. The lowest BCUT2D eigenvalue weighted by atomic mass is 10.1. The number of carbonyl (C=O) groups excluding carboxylic acids is 1. The highest BCUT2D eigenvalue weighted by atomic mass is 35.5. The topological polar surface area (TPSA) is 69.8 Å². The minimum absolute atomic E-state index is 0.168. The van der Waals surface area contributed by atoms with Gasteiger partial charge >= 0.3 is 0 Å². The van der Waals surface area contributed by atoms with Crippen molar-refractivity contribution in [2.24, 2.45) is 0 Å². The number of aromatic nitrogens is 2. The number of hydrogen-bond acceptors (Lipinski definition) is 3. The van der Waals surface area contributed by atoms with E-state index in [2.05, 4.69) is 20.6 Å². The molecule has 3 N–H and O–H groups in total. The summed E-state index contributed by atoms with van der Waals surface area (Å²) in [6.45, 7) is 1.87. The second kappa shape index (κ2) is 8.03.